The molecule has 0 fully saturated rings. The Hall–Kier alpha value is -1.26. The fourth-order valence-electron chi connectivity index (χ4n) is 1.70. The van der Waals surface area contributed by atoms with Crippen molar-refractivity contribution in [1.82, 2.24) is 10.3 Å². The van der Waals surface area contributed by atoms with Crippen molar-refractivity contribution in [3.05, 3.63) is 63.6 Å². The molecule has 1 aromatic heterocycles. The van der Waals surface area contributed by atoms with Crippen LogP contribution in [0.3, 0.4) is 0 Å². The first-order valence-corrected chi connectivity index (χ1v) is 6.50. The molecule has 0 radical (unpaired) electrons. The predicted octanol–water partition coefficient (Wildman–Crippen LogP) is 3.58. The van der Waals surface area contributed by atoms with Gasteiger partial charge in [0.15, 0.2) is 0 Å². The van der Waals surface area contributed by atoms with Gasteiger partial charge in [0.1, 0.15) is 5.82 Å². The summed E-state index contributed by atoms with van der Waals surface area (Å²) in [4.78, 5) is 4.04. The second-order valence-electron chi connectivity index (χ2n) is 4.14. The zero-order chi connectivity index (χ0) is 13.0. The van der Waals surface area contributed by atoms with Crippen LogP contribution in [0.25, 0.3) is 0 Å². The summed E-state index contributed by atoms with van der Waals surface area (Å²) in [5.74, 6) is -0.191. The lowest BCUT2D eigenvalue weighted by molar-refractivity contribution is 0.586. The highest BCUT2D eigenvalue weighted by molar-refractivity contribution is 9.10. The van der Waals surface area contributed by atoms with Crippen molar-refractivity contribution in [3.63, 3.8) is 0 Å². The van der Waals surface area contributed by atoms with Gasteiger partial charge in [-0.25, -0.2) is 4.39 Å². The summed E-state index contributed by atoms with van der Waals surface area (Å²) in [6.07, 6.45) is 3.60. The Kier molecular flexibility index (Phi) is 4.44. The lowest BCUT2D eigenvalue weighted by Crippen LogP contribution is -2.14. The SMILES string of the molecule is Cc1cnccc1CNCc1ccc(Br)cc1F. The standard InChI is InChI=1S/C14H14BrFN2/c1-10-7-17-5-4-11(10)8-18-9-12-2-3-13(15)6-14(12)16/h2-7,18H,8-9H2,1H3. The molecule has 1 aromatic carbocycles. The summed E-state index contributed by atoms with van der Waals surface area (Å²) in [7, 11) is 0. The highest BCUT2D eigenvalue weighted by Gasteiger charge is 2.03. The zero-order valence-corrected chi connectivity index (χ0v) is 11.7. The molecule has 94 valence electrons. The molecule has 0 spiro atoms. The largest absolute Gasteiger partial charge is 0.308 e. The van der Waals surface area contributed by atoms with Gasteiger partial charge in [-0.1, -0.05) is 22.0 Å². The van der Waals surface area contributed by atoms with E-state index in [9.17, 15) is 4.39 Å². The van der Waals surface area contributed by atoms with Gasteiger partial charge in [0.2, 0.25) is 0 Å². The molecular weight excluding hydrogens is 295 g/mol. The molecule has 0 atom stereocenters. The number of pyridine rings is 1. The molecule has 2 aromatic rings. The van der Waals surface area contributed by atoms with Gasteiger partial charge in [-0.2, -0.15) is 0 Å². The van der Waals surface area contributed by atoms with Gasteiger partial charge < -0.3 is 5.32 Å². The molecule has 0 saturated carbocycles. The Balaban J connectivity index is 1.95. The van der Waals surface area contributed by atoms with E-state index in [1.807, 2.05) is 25.3 Å². The van der Waals surface area contributed by atoms with Crippen molar-refractivity contribution in [2.24, 2.45) is 0 Å². The van der Waals surface area contributed by atoms with Crippen LogP contribution in [0, 0.1) is 12.7 Å². The molecular formula is C14H14BrFN2. The smallest absolute Gasteiger partial charge is 0.128 e. The van der Waals surface area contributed by atoms with E-state index < -0.39 is 0 Å². The highest BCUT2D eigenvalue weighted by Crippen LogP contribution is 2.15. The second-order valence-corrected chi connectivity index (χ2v) is 5.06. The summed E-state index contributed by atoms with van der Waals surface area (Å²) < 4.78 is 14.3. The van der Waals surface area contributed by atoms with Crippen molar-refractivity contribution in [2.45, 2.75) is 20.0 Å². The Labute approximate surface area is 114 Å². The summed E-state index contributed by atoms with van der Waals surface area (Å²) in [5.41, 5.74) is 2.99. The lowest BCUT2D eigenvalue weighted by atomic mass is 10.1. The van der Waals surface area contributed by atoms with E-state index in [2.05, 4.69) is 26.2 Å². The normalized spacial score (nSPS) is 10.6. The van der Waals surface area contributed by atoms with Crippen molar-refractivity contribution in [3.8, 4) is 0 Å². The summed E-state index contributed by atoms with van der Waals surface area (Å²) >= 11 is 3.24. The van der Waals surface area contributed by atoms with Crippen LogP contribution >= 0.6 is 15.9 Å². The zero-order valence-electron chi connectivity index (χ0n) is 10.1. The molecule has 0 bridgehead atoms. The van der Waals surface area contributed by atoms with Crippen LogP contribution in [0.4, 0.5) is 4.39 Å². The van der Waals surface area contributed by atoms with E-state index in [1.165, 1.54) is 11.6 Å². The number of hydrogen-bond acceptors (Lipinski definition) is 2. The van der Waals surface area contributed by atoms with Gasteiger partial charge in [-0.05, 0) is 36.2 Å². The van der Waals surface area contributed by atoms with Crippen LogP contribution in [0.1, 0.15) is 16.7 Å². The van der Waals surface area contributed by atoms with Crippen LogP contribution in [0.5, 0.6) is 0 Å². The Morgan fingerprint density at radius 1 is 1.22 bits per heavy atom. The maximum atomic E-state index is 13.6. The number of nitrogens with one attached hydrogen (secondary N) is 1. The van der Waals surface area contributed by atoms with Crippen LogP contribution in [-0.2, 0) is 13.1 Å². The van der Waals surface area contributed by atoms with E-state index in [0.717, 1.165) is 10.0 Å². The fourth-order valence-corrected chi connectivity index (χ4v) is 2.03. The van der Waals surface area contributed by atoms with Gasteiger partial charge in [0.05, 0.1) is 0 Å². The third kappa shape index (κ3) is 3.37. The number of benzene rings is 1. The molecule has 0 aliphatic carbocycles. The molecule has 4 heteroatoms. The van der Waals surface area contributed by atoms with Crippen LogP contribution in [0.15, 0.2) is 41.1 Å². The molecule has 0 aliphatic heterocycles. The highest BCUT2D eigenvalue weighted by atomic mass is 79.9. The van der Waals surface area contributed by atoms with Crippen molar-refractivity contribution in [1.29, 1.82) is 0 Å². The first-order chi connectivity index (χ1) is 8.66. The summed E-state index contributed by atoms with van der Waals surface area (Å²) in [6.45, 7) is 3.24. The quantitative estimate of drug-likeness (QED) is 0.934. The minimum atomic E-state index is -0.191. The first kappa shape index (κ1) is 13.2. The molecule has 2 nitrogen and oxygen atoms in total. The van der Waals surface area contributed by atoms with E-state index >= 15 is 0 Å². The summed E-state index contributed by atoms with van der Waals surface area (Å²) in [5, 5.41) is 3.24. The Bertz CT molecular complexity index is 543. The van der Waals surface area contributed by atoms with Crippen molar-refractivity contribution < 1.29 is 4.39 Å². The van der Waals surface area contributed by atoms with Gasteiger partial charge in [0, 0.05) is 35.5 Å². The predicted molar refractivity (Wildman–Crippen MR) is 73.6 cm³/mol. The molecule has 1 heterocycles. The van der Waals surface area contributed by atoms with Gasteiger partial charge in [-0.15, -0.1) is 0 Å². The number of rotatable bonds is 4. The minimum absolute atomic E-state index is 0.191. The third-order valence-electron chi connectivity index (χ3n) is 2.78. The first-order valence-electron chi connectivity index (χ1n) is 5.71. The maximum absolute atomic E-state index is 13.6. The average Bonchev–Trinajstić information content (AvgIpc) is 2.34. The molecule has 0 unspecified atom stereocenters. The average molecular weight is 309 g/mol. The van der Waals surface area contributed by atoms with Crippen LogP contribution in [0.2, 0.25) is 0 Å². The van der Waals surface area contributed by atoms with Gasteiger partial charge >= 0.3 is 0 Å². The van der Waals surface area contributed by atoms with Crippen molar-refractivity contribution >= 4 is 15.9 Å². The van der Waals surface area contributed by atoms with Gasteiger partial charge in [-0.3, -0.25) is 4.98 Å². The molecule has 1 N–H and O–H groups in total. The molecule has 0 aliphatic rings. The second kappa shape index (κ2) is 6.07. The number of aryl methyl sites for hydroxylation is 1. The summed E-state index contributed by atoms with van der Waals surface area (Å²) in [6, 6.07) is 7.08. The molecule has 18 heavy (non-hydrogen) atoms. The Morgan fingerprint density at radius 3 is 2.72 bits per heavy atom. The number of halogens is 2. The van der Waals surface area contributed by atoms with Gasteiger partial charge in [0.25, 0.3) is 0 Å². The lowest BCUT2D eigenvalue weighted by Gasteiger charge is -2.08. The fraction of sp³-hybridized carbons (Fsp3) is 0.214. The molecule has 2 rings (SSSR count). The molecule has 0 amide bonds. The number of hydrogen-bond donors (Lipinski definition) is 1. The number of nitrogens with zero attached hydrogens (tertiary/aromatic N) is 1. The Morgan fingerprint density at radius 2 is 2.00 bits per heavy atom. The minimum Gasteiger partial charge on any atom is -0.308 e. The number of aromatic nitrogens is 1. The topological polar surface area (TPSA) is 24.9 Å². The van der Waals surface area contributed by atoms with E-state index in [0.29, 0.717) is 18.7 Å². The maximum Gasteiger partial charge on any atom is 0.128 e. The monoisotopic (exact) mass is 308 g/mol. The third-order valence-corrected chi connectivity index (χ3v) is 3.28. The van der Waals surface area contributed by atoms with E-state index in [-0.39, 0.29) is 5.82 Å². The van der Waals surface area contributed by atoms with Crippen LogP contribution in [-0.4, -0.2) is 4.98 Å². The van der Waals surface area contributed by atoms with Crippen LogP contribution < -0.4 is 5.32 Å². The van der Waals surface area contributed by atoms with Crippen molar-refractivity contribution in [2.75, 3.05) is 0 Å². The van der Waals surface area contributed by atoms with E-state index in [4.69, 9.17) is 0 Å². The molecule has 0 saturated heterocycles. The van der Waals surface area contributed by atoms with E-state index in [1.54, 1.807) is 12.3 Å².